The first kappa shape index (κ1) is 12.6. The molecule has 0 radical (unpaired) electrons. The van der Waals surface area contributed by atoms with Crippen LogP contribution in [0.1, 0.15) is 40.0 Å². The van der Waals surface area contributed by atoms with Gasteiger partial charge in [-0.15, -0.1) is 11.6 Å². The summed E-state index contributed by atoms with van der Waals surface area (Å²) in [5, 5.41) is 21.1. The lowest BCUT2D eigenvalue weighted by Crippen LogP contribution is -2.55. The number of carbonyl (C=O) groups excluding carboxylic acids is 1. The predicted molar refractivity (Wildman–Crippen MR) is 68.4 cm³/mol. The molecule has 3 aliphatic rings. The van der Waals surface area contributed by atoms with Gasteiger partial charge in [0.1, 0.15) is 4.87 Å². The lowest BCUT2D eigenvalue weighted by atomic mass is 9.65. The first-order valence-corrected chi connectivity index (χ1v) is 6.88. The topological polar surface area (TPSA) is 57.5 Å². The van der Waals surface area contributed by atoms with Crippen LogP contribution in [0.2, 0.25) is 0 Å². The Hall–Kier alpha value is -0.380. The summed E-state index contributed by atoms with van der Waals surface area (Å²) in [5.41, 5.74) is 0.0924. The zero-order valence-electron chi connectivity index (χ0n) is 11.0. The van der Waals surface area contributed by atoms with Crippen LogP contribution in [0.25, 0.3) is 0 Å². The zero-order valence-corrected chi connectivity index (χ0v) is 11.7. The van der Waals surface area contributed by atoms with Crippen molar-refractivity contribution in [1.29, 1.82) is 0 Å². The molecule has 0 aromatic rings. The van der Waals surface area contributed by atoms with E-state index in [4.69, 9.17) is 11.6 Å². The second-order valence-electron chi connectivity index (χ2n) is 6.55. The number of fused-ring (bicyclic) bond motifs is 1. The summed E-state index contributed by atoms with van der Waals surface area (Å²) in [7, 11) is 0. The van der Waals surface area contributed by atoms with Crippen LogP contribution in [0, 0.1) is 11.3 Å². The highest BCUT2D eigenvalue weighted by molar-refractivity contribution is 6.39. The molecule has 0 heterocycles. The van der Waals surface area contributed by atoms with Crippen molar-refractivity contribution in [3.05, 3.63) is 11.1 Å². The molecule has 2 N–H and O–H groups in total. The molecule has 18 heavy (non-hydrogen) atoms. The normalized spacial score (nSPS) is 49.8. The maximum Gasteiger partial charge on any atom is 0.179 e. The SMILES string of the molecule is CC1=C2C(=O)[C@](C)(Cl)C[C@@H]2[C@H](O)[C@](C)(O)C12CC2. The van der Waals surface area contributed by atoms with Gasteiger partial charge in [0.05, 0.1) is 11.7 Å². The third-order valence-electron chi connectivity index (χ3n) is 5.49. The third-order valence-corrected chi connectivity index (χ3v) is 5.82. The third kappa shape index (κ3) is 1.21. The fourth-order valence-corrected chi connectivity index (χ4v) is 4.36. The maximum absolute atomic E-state index is 12.4. The molecule has 3 nitrogen and oxygen atoms in total. The fraction of sp³-hybridized carbons (Fsp3) is 0.786. The first-order chi connectivity index (χ1) is 8.15. The van der Waals surface area contributed by atoms with Crippen molar-refractivity contribution < 1.29 is 15.0 Å². The van der Waals surface area contributed by atoms with Crippen LogP contribution in [-0.4, -0.2) is 32.6 Å². The number of aliphatic hydroxyl groups excluding tert-OH is 1. The number of alkyl halides is 1. The van der Waals surface area contributed by atoms with Gasteiger partial charge in [-0.3, -0.25) is 4.79 Å². The van der Waals surface area contributed by atoms with Crippen molar-refractivity contribution in [2.75, 3.05) is 0 Å². The van der Waals surface area contributed by atoms with Crippen molar-refractivity contribution in [2.24, 2.45) is 11.3 Å². The summed E-state index contributed by atoms with van der Waals surface area (Å²) in [6, 6.07) is 0. The smallest absolute Gasteiger partial charge is 0.179 e. The lowest BCUT2D eigenvalue weighted by Gasteiger charge is -2.45. The summed E-state index contributed by atoms with van der Waals surface area (Å²) in [6.07, 6.45) is 1.19. The molecule has 3 aliphatic carbocycles. The van der Waals surface area contributed by atoms with E-state index in [1.165, 1.54) is 0 Å². The molecule has 0 saturated heterocycles. The molecule has 4 atom stereocenters. The molecule has 0 aromatic heterocycles. The summed E-state index contributed by atoms with van der Waals surface area (Å²) >= 11 is 6.25. The number of carbonyl (C=O) groups is 1. The van der Waals surface area contributed by atoms with Gasteiger partial charge in [-0.05, 0) is 40.0 Å². The van der Waals surface area contributed by atoms with E-state index < -0.39 is 22.0 Å². The molecule has 0 bridgehead atoms. The largest absolute Gasteiger partial charge is 0.389 e. The van der Waals surface area contributed by atoms with Crippen LogP contribution >= 0.6 is 11.6 Å². The highest BCUT2D eigenvalue weighted by Gasteiger charge is 2.68. The van der Waals surface area contributed by atoms with Crippen molar-refractivity contribution in [1.82, 2.24) is 0 Å². The van der Waals surface area contributed by atoms with Gasteiger partial charge in [-0.2, -0.15) is 0 Å². The number of hydrogen-bond acceptors (Lipinski definition) is 3. The Labute approximate surface area is 112 Å². The van der Waals surface area contributed by atoms with E-state index in [-0.39, 0.29) is 11.7 Å². The minimum Gasteiger partial charge on any atom is -0.389 e. The summed E-state index contributed by atoms with van der Waals surface area (Å²) in [4.78, 5) is 11.4. The minimum atomic E-state index is -1.15. The van der Waals surface area contributed by atoms with Crippen LogP contribution in [-0.2, 0) is 4.79 Å². The van der Waals surface area contributed by atoms with E-state index in [1.54, 1.807) is 13.8 Å². The molecule has 0 unspecified atom stereocenters. The van der Waals surface area contributed by atoms with Gasteiger partial charge >= 0.3 is 0 Å². The van der Waals surface area contributed by atoms with Gasteiger partial charge in [-0.1, -0.05) is 5.57 Å². The summed E-state index contributed by atoms with van der Waals surface area (Å²) in [6.45, 7) is 5.32. The molecule has 0 aromatic carbocycles. The van der Waals surface area contributed by atoms with E-state index in [2.05, 4.69) is 0 Å². The second kappa shape index (κ2) is 3.20. The molecule has 1 spiro atoms. The number of ketones is 1. The van der Waals surface area contributed by atoms with Gasteiger partial charge in [-0.25, -0.2) is 0 Å². The van der Waals surface area contributed by atoms with E-state index >= 15 is 0 Å². The Balaban J connectivity index is 2.20. The molecule has 100 valence electrons. The highest BCUT2D eigenvalue weighted by Crippen LogP contribution is 2.66. The average molecular weight is 271 g/mol. The van der Waals surface area contributed by atoms with E-state index in [1.807, 2.05) is 6.92 Å². The van der Waals surface area contributed by atoms with Crippen molar-refractivity contribution in [3.8, 4) is 0 Å². The minimum absolute atomic E-state index is 0.0625. The number of halogens is 1. The van der Waals surface area contributed by atoms with Crippen LogP contribution in [0.15, 0.2) is 11.1 Å². The predicted octanol–water partition coefficient (Wildman–Crippen LogP) is 1.80. The van der Waals surface area contributed by atoms with Crippen molar-refractivity contribution >= 4 is 17.4 Å². The van der Waals surface area contributed by atoms with Crippen molar-refractivity contribution in [2.45, 2.75) is 56.6 Å². The van der Waals surface area contributed by atoms with E-state index in [0.717, 1.165) is 18.4 Å². The molecular formula is C14H19ClO3. The second-order valence-corrected chi connectivity index (χ2v) is 7.38. The Morgan fingerprint density at radius 1 is 1.33 bits per heavy atom. The van der Waals surface area contributed by atoms with Crippen LogP contribution in [0.4, 0.5) is 0 Å². The first-order valence-electron chi connectivity index (χ1n) is 6.50. The van der Waals surface area contributed by atoms with Crippen LogP contribution in [0.3, 0.4) is 0 Å². The fourth-order valence-electron chi connectivity index (χ4n) is 4.09. The van der Waals surface area contributed by atoms with Gasteiger partial charge in [0.25, 0.3) is 0 Å². The Morgan fingerprint density at radius 2 is 1.89 bits per heavy atom. The van der Waals surface area contributed by atoms with Gasteiger partial charge in [0.15, 0.2) is 5.78 Å². The number of hydrogen-bond donors (Lipinski definition) is 2. The number of rotatable bonds is 0. The Bertz CT molecular complexity index is 471. The lowest BCUT2D eigenvalue weighted by molar-refractivity contribution is -0.128. The maximum atomic E-state index is 12.4. The van der Waals surface area contributed by atoms with E-state index in [9.17, 15) is 15.0 Å². The molecule has 2 saturated carbocycles. The average Bonchev–Trinajstić information content (AvgIpc) is 3.02. The van der Waals surface area contributed by atoms with Gasteiger partial charge < -0.3 is 10.2 Å². The zero-order chi connectivity index (χ0) is 13.5. The molecule has 0 amide bonds. The molecular weight excluding hydrogens is 252 g/mol. The summed E-state index contributed by atoms with van der Waals surface area (Å²) in [5.74, 6) is -0.381. The quantitative estimate of drug-likeness (QED) is 0.660. The molecule has 3 rings (SSSR count). The monoisotopic (exact) mass is 270 g/mol. The number of Topliss-reactive ketones (excluding diaryl/α,β-unsaturated/α-hetero) is 1. The van der Waals surface area contributed by atoms with Gasteiger partial charge in [0, 0.05) is 16.9 Å². The standard InChI is InChI=1S/C14H19ClO3/c1-7-9-8(6-12(2,15)11(9)17)10(16)13(3,18)14(7)4-5-14/h8,10,16,18H,4-6H2,1-3H3/t8-,10-,12+,13-/m0/s1. The Morgan fingerprint density at radius 3 is 2.39 bits per heavy atom. The Kier molecular flexibility index (Phi) is 2.24. The molecule has 2 fully saturated rings. The van der Waals surface area contributed by atoms with E-state index in [0.29, 0.717) is 12.0 Å². The summed E-state index contributed by atoms with van der Waals surface area (Å²) < 4.78 is 0. The highest BCUT2D eigenvalue weighted by atomic mass is 35.5. The molecule has 0 aliphatic heterocycles. The van der Waals surface area contributed by atoms with Gasteiger partial charge in [0.2, 0.25) is 0 Å². The van der Waals surface area contributed by atoms with Crippen LogP contribution < -0.4 is 0 Å². The molecule has 4 heteroatoms. The van der Waals surface area contributed by atoms with Crippen molar-refractivity contribution in [3.63, 3.8) is 0 Å². The number of aliphatic hydroxyl groups is 2. The van der Waals surface area contributed by atoms with Crippen LogP contribution in [0.5, 0.6) is 0 Å².